The standard InChI is InChI=1S/C17H14Br2F2O3/c1-23-16-9(7-18)3-5-11(20)13(16)15(22)14-12(21)6-4-10(8-19)17(14)24-2/h3-6H,7-8H2,1-2H3. The number of rotatable bonds is 6. The molecule has 0 spiro atoms. The lowest BCUT2D eigenvalue weighted by Crippen LogP contribution is -2.13. The van der Waals surface area contributed by atoms with Crippen molar-refractivity contribution in [3.63, 3.8) is 0 Å². The molecule has 0 aliphatic carbocycles. The van der Waals surface area contributed by atoms with Gasteiger partial charge in [-0.2, -0.15) is 0 Å². The van der Waals surface area contributed by atoms with Crippen molar-refractivity contribution in [3.05, 3.63) is 58.2 Å². The van der Waals surface area contributed by atoms with E-state index in [0.717, 1.165) is 12.1 Å². The van der Waals surface area contributed by atoms with Gasteiger partial charge in [-0.25, -0.2) is 8.78 Å². The van der Waals surface area contributed by atoms with Gasteiger partial charge in [-0.3, -0.25) is 4.79 Å². The number of benzene rings is 2. The van der Waals surface area contributed by atoms with E-state index in [1.807, 2.05) is 0 Å². The summed E-state index contributed by atoms with van der Waals surface area (Å²) in [5, 5.41) is 0.718. The highest BCUT2D eigenvalue weighted by atomic mass is 79.9. The highest BCUT2D eigenvalue weighted by Crippen LogP contribution is 2.35. The Labute approximate surface area is 155 Å². The van der Waals surface area contributed by atoms with Crippen molar-refractivity contribution in [3.8, 4) is 11.5 Å². The molecule has 0 atom stereocenters. The first-order valence-corrected chi connectivity index (χ1v) is 9.11. The molecule has 0 aliphatic heterocycles. The zero-order chi connectivity index (χ0) is 17.9. The highest BCUT2D eigenvalue weighted by Gasteiger charge is 2.28. The summed E-state index contributed by atoms with van der Waals surface area (Å²) in [7, 11) is 2.67. The number of hydrogen-bond acceptors (Lipinski definition) is 3. The number of alkyl halides is 2. The quantitative estimate of drug-likeness (QED) is 0.446. The lowest BCUT2D eigenvalue weighted by molar-refractivity contribution is 0.102. The van der Waals surface area contributed by atoms with Crippen molar-refractivity contribution < 1.29 is 23.0 Å². The number of methoxy groups -OCH3 is 2. The molecule has 0 bridgehead atoms. The molecule has 0 fully saturated rings. The second-order valence-corrected chi connectivity index (χ2v) is 5.95. The number of ketones is 1. The van der Waals surface area contributed by atoms with E-state index in [1.54, 1.807) is 0 Å². The molecule has 2 rings (SSSR count). The van der Waals surface area contributed by atoms with Crippen LogP contribution < -0.4 is 9.47 Å². The van der Waals surface area contributed by atoms with Crippen LogP contribution >= 0.6 is 31.9 Å². The van der Waals surface area contributed by atoms with Crippen LogP contribution in [0.1, 0.15) is 27.0 Å². The van der Waals surface area contributed by atoms with Gasteiger partial charge in [-0.05, 0) is 12.1 Å². The normalized spacial score (nSPS) is 10.6. The van der Waals surface area contributed by atoms with Crippen LogP contribution in [0.2, 0.25) is 0 Å². The molecule has 2 aromatic rings. The van der Waals surface area contributed by atoms with Crippen molar-refractivity contribution in [2.24, 2.45) is 0 Å². The van der Waals surface area contributed by atoms with Crippen molar-refractivity contribution in [2.75, 3.05) is 14.2 Å². The summed E-state index contributed by atoms with van der Waals surface area (Å²) >= 11 is 6.52. The maximum absolute atomic E-state index is 14.4. The fourth-order valence-corrected chi connectivity index (χ4v) is 3.31. The second kappa shape index (κ2) is 8.07. The van der Waals surface area contributed by atoms with E-state index < -0.39 is 17.4 Å². The molecule has 2 aromatic carbocycles. The van der Waals surface area contributed by atoms with Crippen LogP contribution in [0.4, 0.5) is 8.78 Å². The summed E-state index contributed by atoms with van der Waals surface area (Å²) in [4.78, 5) is 12.9. The maximum Gasteiger partial charge on any atom is 0.206 e. The Morgan fingerprint density at radius 1 is 0.875 bits per heavy atom. The van der Waals surface area contributed by atoms with Crippen LogP contribution in [-0.4, -0.2) is 20.0 Å². The Bertz CT molecular complexity index is 715. The minimum Gasteiger partial charge on any atom is -0.496 e. The van der Waals surface area contributed by atoms with Crippen molar-refractivity contribution >= 4 is 37.6 Å². The summed E-state index contributed by atoms with van der Waals surface area (Å²) < 4.78 is 39.1. The van der Waals surface area contributed by atoms with Crippen LogP contribution in [0.25, 0.3) is 0 Å². The summed E-state index contributed by atoms with van der Waals surface area (Å²) in [6.07, 6.45) is 0. The lowest BCUT2D eigenvalue weighted by atomic mass is 9.97. The molecule has 0 heterocycles. The van der Waals surface area contributed by atoms with E-state index in [0.29, 0.717) is 21.8 Å². The van der Waals surface area contributed by atoms with Crippen LogP contribution in [0, 0.1) is 11.6 Å². The third kappa shape index (κ3) is 3.32. The molecule has 0 saturated heterocycles. The maximum atomic E-state index is 14.4. The van der Waals surface area contributed by atoms with Crippen molar-refractivity contribution in [1.82, 2.24) is 0 Å². The molecule has 128 valence electrons. The number of carbonyl (C=O) groups is 1. The number of carbonyl (C=O) groups excluding carboxylic acids is 1. The molecule has 7 heteroatoms. The molecule has 0 unspecified atom stereocenters. The molecule has 0 amide bonds. The number of halogens is 4. The largest absolute Gasteiger partial charge is 0.496 e. The summed E-state index contributed by atoms with van der Waals surface area (Å²) in [5.41, 5.74) is 0.522. The SMILES string of the molecule is COc1c(CBr)ccc(F)c1C(=O)c1c(F)ccc(CBr)c1OC. The Balaban J connectivity index is 2.75. The van der Waals surface area contributed by atoms with E-state index >= 15 is 0 Å². The Morgan fingerprint density at radius 2 is 1.25 bits per heavy atom. The lowest BCUT2D eigenvalue weighted by Gasteiger charge is -2.16. The van der Waals surface area contributed by atoms with E-state index in [1.165, 1.54) is 26.4 Å². The molecule has 24 heavy (non-hydrogen) atoms. The van der Waals surface area contributed by atoms with Gasteiger partial charge in [-0.15, -0.1) is 0 Å². The molecule has 0 radical (unpaired) electrons. The van der Waals surface area contributed by atoms with Crippen LogP contribution in [0.5, 0.6) is 11.5 Å². The van der Waals surface area contributed by atoms with E-state index in [-0.39, 0.29) is 22.6 Å². The Hall–Kier alpha value is -1.47. The zero-order valence-corrected chi connectivity index (χ0v) is 16.1. The zero-order valence-electron chi connectivity index (χ0n) is 13.0. The fourth-order valence-electron chi connectivity index (χ4n) is 2.43. The fraction of sp³-hybridized carbons (Fsp3) is 0.235. The molecule has 0 aliphatic rings. The van der Waals surface area contributed by atoms with Gasteiger partial charge in [0.2, 0.25) is 5.78 Å². The van der Waals surface area contributed by atoms with Gasteiger partial charge >= 0.3 is 0 Å². The summed E-state index contributed by atoms with van der Waals surface area (Å²) in [6.45, 7) is 0. The average molecular weight is 464 g/mol. The van der Waals surface area contributed by atoms with Gasteiger partial charge in [0, 0.05) is 21.8 Å². The topological polar surface area (TPSA) is 35.5 Å². The molecule has 3 nitrogen and oxygen atoms in total. The minimum atomic E-state index is -0.829. The first-order valence-electron chi connectivity index (χ1n) is 6.87. The van der Waals surface area contributed by atoms with Crippen molar-refractivity contribution in [2.45, 2.75) is 10.7 Å². The minimum absolute atomic E-state index is 0.0718. The average Bonchev–Trinajstić information content (AvgIpc) is 2.60. The van der Waals surface area contributed by atoms with E-state index in [2.05, 4.69) is 31.9 Å². The van der Waals surface area contributed by atoms with Crippen molar-refractivity contribution in [1.29, 1.82) is 0 Å². The van der Waals surface area contributed by atoms with Crippen LogP contribution in [0.15, 0.2) is 24.3 Å². The monoisotopic (exact) mass is 462 g/mol. The molecular formula is C17H14Br2F2O3. The third-order valence-corrected chi connectivity index (χ3v) is 4.74. The van der Waals surface area contributed by atoms with E-state index in [4.69, 9.17) is 9.47 Å². The van der Waals surface area contributed by atoms with Gasteiger partial charge in [0.25, 0.3) is 0 Å². The van der Waals surface area contributed by atoms with Crippen LogP contribution in [-0.2, 0) is 10.7 Å². The predicted molar refractivity (Wildman–Crippen MR) is 94.6 cm³/mol. The molecule has 0 N–H and O–H groups in total. The summed E-state index contributed by atoms with van der Waals surface area (Å²) in [5.74, 6) is -2.26. The molecule has 0 saturated carbocycles. The molecule has 0 aromatic heterocycles. The number of ether oxygens (including phenoxy) is 2. The third-order valence-electron chi connectivity index (χ3n) is 3.53. The van der Waals surface area contributed by atoms with Gasteiger partial charge in [0.15, 0.2) is 0 Å². The second-order valence-electron chi connectivity index (χ2n) is 4.83. The first kappa shape index (κ1) is 18.9. The smallest absolute Gasteiger partial charge is 0.206 e. The summed E-state index contributed by atoms with van der Waals surface area (Å²) in [6, 6.07) is 5.32. The van der Waals surface area contributed by atoms with Gasteiger partial charge in [-0.1, -0.05) is 44.0 Å². The predicted octanol–water partition coefficient (Wildman–Crippen LogP) is 5.00. The van der Waals surface area contributed by atoms with Gasteiger partial charge in [0.1, 0.15) is 34.3 Å². The van der Waals surface area contributed by atoms with E-state index in [9.17, 15) is 13.6 Å². The Kier molecular flexibility index (Phi) is 6.34. The van der Waals surface area contributed by atoms with Gasteiger partial charge in [0.05, 0.1) is 14.2 Å². The number of hydrogen-bond donors (Lipinski definition) is 0. The Morgan fingerprint density at radius 3 is 1.54 bits per heavy atom. The first-order chi connectivity index (χ1) is 11.5. The van der Waals surface area contributed by atoms with Gasteiger partial charge < -0.3 is 9.47 Å². The highest BCUT2D eigenvalue weighted by molar-refractivity contribution is 9.08. The molecular weight excluding hydrogens is 450 g/mol. The van der Waals surface area contributed by atoms with Crippen LogP contribution in [0.3, 0.4) is 0 Å².